The van der Waals surface area contributed by atoms with Crippen LogP contribution in [-0.4, -0.2) is 10.0 Å². The fourth-order valence-electron chi connectivity index (χ4n) is 1.99. The smallest absolute Gasteiger partial charge is 0.314 e. The van der Waals surface area contributed by atoms with Crippen molar-refractivity contribution in [3.05, 3.63) is 62.1 Å². The molecule has 1 N–H and O–H groups in total. The van der Waals surface area contributed by atoms with Crippen LogP contribution in [0.3, 0.4) is 0 Å². The van der Waals surface area contributed by atoms with Gasteiger partial charge in [0.1, 0.15) is 5.75 Å². The summed E-state index contributed by atoms with van der Waals surface area (Å²) >= 11 is 3.35. The average molecular weight is 352 g/mol. The molecule has 2 rings (SSSR count). The highest BCUT2D eigenvalue weighted by Gasteiger charge is 2.19. The molecule has 5 nitrogen and oxygen atoms in total. The minimum Gasteiger partial charge on any atom is -0.450 e. The molecular weight excluding hydrogens is 338 g/mol. The Morgan fingerprint density at radius 3 is 2.62 bits per heavy atom. The van der Waals surface area contributed by atoms with Crippen molar-refractivity contribution in [3.63, 3.8) is 0 Å². The highest BCUT2D eigenvalue weighted by molar-refractivity contribution is 9.10. The Balaban J connectivity index is 2.37. The summed E-state index contributed by atoms with van der Waals surface area (Å²) in [4.78, 5) is 10.7. The van der Waals surface area contributed by atoms with Gasteiger partial charge in [0.25, 0.3) is 0 Å². The summed E-state index contributed by atoms with van der Waals surface area (Å²) in [5.74, 6) is 0.650. The Hall–Kier alpha value is -1.92. The number of rotatable bonds is 4. The molecule has 0 amide bonds. The van der Waals surface area contributed by atoms with Crippen molar-refractivity contribution in [1.82, 2.24) is 0 Å². The lowest BCUT2D eigenvalue weighted by molar-refractivity contribution is -0.386. The SMILES string of the molecule is Cc1cccc(Oc2ccc([C@@H](C)O)c(Br)c2)c1[N+](=O)[O-]. The van der Waals surface area contributed by atoms with E-state index in [9.17, 15) is 15.2 Å². The van der Waals surface area contributed by atoms with Crippen molar-refractivity contribution in [2.24, 2.45) is 0 Å². The van der Waals surface area contributed by atoms with Gasteiger partial charge in [-0.1, -0.05) is 34.1 Å². The summed E-state index contributed by atoms with van der Waals surface area (Å²) in [6, 6.07) is 9.98. The van der Waals surface area contributed by atoms with Gasteiger partial charge < -0.3 is 9.84 Å². The third-order valence-corrected chi connectivity index (χ3v) is 3.72. The second kappa shape index (κ2) is 6.24. The monoisotopic (exact) mass is 351 g/mol. The number of benzene rings is 2. The molecule has 0 bridgehead atoms. The number of ether oxygens (including phenoxy) is 1. The van der Waals surface area contributed by atoms with Crippen LogP contribution in [0.4, 0.5) is 5.69 Å². The van der Waals surface area contributed by atoms with E-state index in [1.165, 1.54) is 0 Å². The fourth-order valence-corrected chi connectivity index (χ4v) is 2.67. The molecule has 0 saturated carbocycles. The molecule has 0 aliphatic heterocycles. The number of para-hydroxylation sites is 1. The van der Waals surface area contributed by atoms with Crippen molar-refractivity contribution in [3.8, 4) is 11.5 Å². The number of hydrogen-bond acceptors (Lipinski definition) is 4. The summed E-state index contributed by atoms with van der Waals surface area (Å²) < 4.78 is 6.30. The van der Waals surface area contributed by atoms with Crippen LogP contribution in [0.5, 0.6) is 11.5 Å². The lowest BCUT2D eigenvalue weighted by atomic mass is 10.1. The van der Waals surface area contributed by atoms with Crippen LogP contribution in [0.2, 0.25) is 0 Å². The summed E-state index contributed by atoms with van der Waals surface area (Å²) in [7, 11) is 0. The van der Waals surface area contributed by atoms with Gasteiger partial charge in [0.05, 0.1) is 11.0 Å². The molecule has 0 spiro atoms. The van der Waals surface area contributed by atoms with Crippen molar-refractivity contribution in [1.29, 1.82) is 0 Å². The zero-order valence-electron chi connectivity index (χ0n) is 11.5. The first-order valence-corrected chi connectivity index (χ1v) is 7.09. The van der Waals surface area contributed by atoms with Crippen LogP contribution >= 0.6 is 15.9 Å². The third kappa shape index (κ3) is 3.40. The standard InChI is InChI=1S/C15H14BrNO4/c1-9-4-3-5-14(15(9)17(19)20)21-11-6-7-12(10(2)18)13(16)8-11/h3-8,10,18H,1-2H3/t10-/m1/s1. The Morgan fingerprint density at radius 2 is 2.05 bits per heavy atom. The molecule has 110 valence electrons. The van der Waals surface area contributed by atoms with Crippen molar-refractivity contribution >= 4 is 21.6 Å². The van der Waals surface area contributed by atoms with Gasteiger partial charge in [-0.15, -0.1) is 0 Å². The molecule has 0 fully saturated rings. The first-order valence-electron chi connectivity index (χ1n) is 6.29. The number of aliphatic hydroxyl groups excluding tert-OH is 1. The molecule has 0 aliphatic carbocycles. The molecule has 6 heteroatoms. The van der Waals surface area contributed by atoms with Crippen LogP contribution in [0.15, 0.2) is 40.9 Å². The van der Waals surface area contributed by atoms with E-state index in [-0.39, 0.29) is 11.4 Å². The predicted molar refractivity (Wildman–Crippen MR) is 82.7 cm³/mol. The van der Waals surface area contributed by atoms with Gasteiger partial charge in [-0.2, -0.15) is 0 Å². The molecule has 0 saturated heterocycles. The van der Waals surface area contributed by atoms with Gasteiger partial charge in [-0.05, 0) is 37.6 Å². The molecule has 21 heavy (non-hydrogen) atoms. The molecule has 0 radical (unpaired) electrons. The minimum absolute atomic E-state index is 0.0479. The van der Waals surface area contributed by atoms with Crippen LogP contribution < -0.4 is 4.74 Å². The molecule has 0 aliphatic rings. The molecule has 0 heterocycles. The Bertz CT molecular complexity index is 685. The largest absolute Gasteiger partial charge is 0.450 e. The third-order valence-electron chi connectivity index (χ3n) is 3.03. The Morgan fingerprint density at radius 1 is 1.33 bits per heavy atom. The van der Waals surface area contributed by atoms with Crippen molar-refractivity contribution in [2.45, 2.75) is 20.0 Å². The maximum absolute atomic E-state index is 11.1. The summed E-state index contributed by atoms with van der Waals surface area (Å²) in [5, 5.41) is 20.7. The molecule has 2 aromatic carbocycles. The zero-order chi connectivity index (χ0) is 15.6. The van der Waals surface area contributed by atoms with Crippen LogP contribution in [0, 0.1) is 17.0 Å². The molecule has 2 aromatic rings. The number of hydrogen-bond donors (Lipinski definition) is 1. The summed E-state index contributed by atoms with van der Waals surface area (Å²) in [6.45, 7) is 3.32. The minimum atomic E-state index is -0.610. The van der Waals surface area contributed by atoms with Gasteiger partial charge in [-0.3, -0.25) is 10.1 Å². The number of aryl methyl sites for hydroxylation is 1. The van der Waals surface area contributed by atoms with Gasteiger partial charge in [0.15, 0.2) is 0 Å². The summed E-state index contributed by atoms with van der Waals surface area (Å²) in [5.41, 5.74) is 1.21. The van der Waals surface area contributed by atoms with E-state index >= 15 is 0 Å². The number of halogens is 1. The summed E-state index contributed by atoms with van der Waals surface area (Å²) in [6.07, 6.45) is -0.610. The number of aliphatic hydroxyl groups is 1. The molecule has 0 aromatic heterocycles. The first kappa shape index (κ1) is 15.5. The van der Waals surface area contributed by atoms with E-state index in [0.717, 1.165) is 5.56 Å². The molecular formula is C15H14BrNO4. The maximum atomic E-state index is 11.1. The number of nitro groups is 1. The van der Waals surface area contributed by atoms with Crippen molar-refractivity contribution in [2.75, 3.05) is 0 Å². The lowest BCUT2D eigenvalue weighted by Crippen LogP contribution is -1.97. The van der Waals surface area contributed by atoms with E-state index in [0.29, 0.717) is 15.8 Å². The van der Waals surface area contributed by atoms with E-state index in [4.69, 9.17) is 4.74 Å². The first-order chi connectivity index (χ1) is 9.90. The van der Waals surface area contributed by atoms with E-state index in [1.54, 1.807) is 50.2 Å². The fraction of sp³-hybridized carbons (Fsp3) is 0.200. The topological polar surface area (TPSA) is 72.6 Å². The van der Waals surface area contributed by atoms with Crippen LogP contribution in [0.1, 0.15) is 24.2 Å². The quantitative estimate of drug-likeness (QED) is 0.649. The van der Waals surface area contributed by atoms with Gasteiger partial charge in [0, 0.05) is 10.0 Å². The second-order valence-corrected chi connectivity index (χ2v) is 5.49. The highest BCUT2D eigenvalue weighted by atomic mass is 79.9. The van der Waals surface area contributed by atoms with Gasteiger partial charge in [-0.25, -0.2) is 0 Å². The maximum Gasteiger partial charge on any atom is 0.314 e. The zero-order valence-corrected chi connectivity index (χ0v) is 13.1. The van der Waals surface area contributed by atoms with Crippen LogP contribution in [0.25, 0.3) is 0 Å². The van der Waals surface area contributed by atoms with E-state index in [1.807, 2.05) is 0 Å². The Kier molecular flexibility index (Phi) is 4.59. The Labute approximate surface area is 130 Å². The lowest BCUT2D eigenvalue weighted by Gasteiger charge is -2.11. The normalized spacial score (nSPS) is 12.0. The van der Waals surface area contributed by atoms with Gasteiger partial charge in [0.2, 0.25) is 5.75 Å². The van der Waals surface area contributed by atoms with Crippen molar-refractivity contribution < 1.29 is 14.8 Å². The molecule has 0 unspecified atom stereocenters. The van der Waals surface area contributed by atoms with E-state index in [2.05, 4.69) is 15.9 Å². The average Bonchev–Trinajstić information content (AvgIpc) is 2.37. The number of nitro benzene ring substituents is 1. The van der Waals surface area contributed by atoms with Gasteiger partial charge >= 0.3 is 5.69 Å². The molecule has 1 atom stereocenters. The van der Waals surface area contributed by atoms with Crippen LogP contribution in [-0.2, 0) is 0 Å². The van der Waals surface area contributed by atoms with E-state index < -0.39 is 11.0 Å². The second-order valence-electron chi connectivity index (χ2n) is 4.64. The number of nitrogens with zero attached hydrogens (tertiary/aromatic N) is 1. The highest BCUT2D eigenvalue weighted by Crippen LogP contribution is 2.35. The predicted octanol–water partition coefficient (Wildman–Crippen LogP) is 4.51.